The second kappa shape index (κ2) is 7.69. The normalized spacial score (nSPS) is 17.8. The largest absolute Gasteiger partial charge is 0.461 e. The summed E-state index contributed by atoms with van der Waals surface area (Å²) in [7, 11) is 0. The molecular weight excluding hydrogens is 368 g/mol. The van der Waals surface area contributed by atoms with Gasteiger partial charge in [0, 0.05) is 15.9 Å². The van der Waals surface area contributed by atoms with Crippen LogP contribution in [0.15, 0.2) is 40.0 Å². The minimum absolute atomic E-state index is 0.334. The molecule has 0 fully saturated rings. The molecule has 1 aromatic rings. The molecule has 1 aromatic carbocycles. The number of amides is 2. The van der Waals surface area contributed by atoms with Crippen LogP contribution in [0.2, 0.25) is 0 Å². The summed E-state index contributed by atoms with van der Waals surface area (Å²) in [4.78, 5) is 24.2. The van der Waals surface area contributed by atoms with Crippen LogP contribution in [0.4, 0.5) is 4.79 Å². The Morgan fingerprint density at radius 1 is 1.41 bits per heavy atom. The fourth-order valence-electron chi connectivity index (χ4n) is 2.20. The predicted octanol–water partition coefficient (Wildman–Crippen LogP) is 2.98. The number of thioether (sulfide) groups is 1. The number of ether oxygens (including phenoxy) is 1. The van der Waals surface area contributed by atoms with Crippen LogP contribution in [0.5, 0.6) is 0 Å². The molecular formula is C15H17BrN2O3S. The van der Waals surface area contributed by atoms with Crippen molar-refractivity contribution < 1.29 is 14.3 Å². The zero-order valence-corrected chi connectivity index (χ0v) is 14.7. The van der Waals surface area contributed by atoms with E-state index in [2.05, 4.69) is 26.6 Å². The van der Waals surface area contributed by atoms with E-state index in [9.17, 15) is 9.59 Å². The number of benzene rings is 1. The highest BCUT2D eigenvalue weighted by Gasteiger charge is 2.33. The van der Waals surface area contributed by atoms with Gasteiger partial charge in [-0.15, -0.1) is 0 Å². The monoisotopic (exact) mass is 384 g/mol. The number of halogens is 1. The summed E-state index contributed by atoms with van der Waals surface area (Å²) in [5, 5.41) is 5.41. The van der Waals surface area contributed by atoms with Gasteiger partial charge in [-0.25, -0.2) is 9.59 Å². The van der Waals surface area contributed by atoms with Gasteiger partial charge in [0.25, 0.3) is 0 Å². The van der Waals surface area contributed by atoms with Crippen LogP contribution in [-0.2, 0) is 9.53 Å². The van der Waals surface area contributed by atoms with Gasteiger partial charge in [0.15, 0.2) is 0 Å². The number of nitrogens with one attached hydrogen (secondary N) is 2. The van der Waals surface area contributed by atoms with E-state index in [0.29, 0.717) is 17.9 Å². The van der Waals surface area contributed by atoms with Crippen molar-refractivity contribution in [2.45, 2.75) is 13.0 Å². The van der Waals surface area contributed by atoms with Crippen molar-refractivity contribution in [3.63, 3.8) is 0 Å². The summed E-state index contributed by atoms with van der Waals surface area (Å²) in [5.41, 5.74) is 1.75. The number of urea groups is 1. The van der Waals surface area contributed by atoms with Gasteiger partial charge >= 0.3 is 12.0 Å². The van der Waals surface area contributed by atoms with E-state index < -0.39 is 12.0 Å². The van der Waals surface area contributed by atoms with E-state index in [1.165, 1.54) is 0 Å². The Morgan fingerprint density at radius 3 is 2.82 bits per heavy atom. The van der Waals surface area contributed by atoms with Crippen molar-refractivity contribution in [2.75, 3.05) is 18.6 Å². The van der Waals surface area contributed by atoms with Gasteiger partial charge in [-0.05, 0) is 24.8 Å². The Morgan fingerprint density at radius 2 is 2.14 bits per heavy atom. The molecule has 2 amide bonds. The van der Waals surface area contributed by atoms with Gasteiger partial charge in [-0.3, -0.25) is 0 Å². The molecule has 2 N–H and O–H groups in total. The van der Waals surface area contributed by atoms with Crippen LogP contribution < -0.4 is 10.6 Å². The van der Waals surface area contributed by atoms with E-state index in [0.717, 1.165) is 15.8 Å². The molecule has 2 rings (SSSR count). The average molecular weight is 385 g/mol. The molecule has 0 spiro atoms. The average Bonchev–Trinajstić information content (AvgIpc) is 2.47. The number of hydrogen-bond donors (Lipinski definition) is 2. The molecule has 0 saturated heterocycles. The lowest BCUT2D eigenvalue weighted by Gasteiger charge is -2.28. The third kappa shape index (κ3) is 3.84. The number of rotatable bonds is 5. The molecule has 1 aliphatic heterocycles. The molecule has 1 aliphatic rings. The smallest absolute Gasteiger partial charge is 0.338 e. The second-order valence-corrected chi connectivity index (χ2v) is 6.56. The van der Waals surface area contributed by atoms with Gasteiger partial charge in [0.2, 0.25) is 0 Å². The molecule has 5 nitrogen and oxygen atoms in total. The van der Waals surface area contributed by atoms with E-state index >= 15 is 0 Å². The Kier molecular flexibility index (Phi) is 5.90. The fourth-order valence-corrected chi connectivity index (χ4v) is 2.97. The molecule has 118 valence electrons. The van der Waals surface area contributed by atoms with E-state index in [1.54, 1.807) is 18.7 Å². The van der Waals surface area contributed by atoms with Crippen molar-refractivity contribution in [3.05, 3.63) is 45.6 Å². The lowest BCUT2D eigenvalue weighted by atomic mass is 9.96. The standard InChI is InChI=1S/C15H17BrN2O3S/c1-9-12(14(19)21-7-8-22-2)13(18-15(20)17-9)10-5-3-4-6-11(10)16/h3-6,13H,7-8H2,1-2H3,(H2,17,18,20). The number of hydrogen-bond acceptors (Lipinski definition) is 4. The highest BCUT2D eigenvalue weighted by Crippen LogP contribution is 2.32. The third-order valence-electron chi connectivity index (χ3n) is 3.23. The zero-order valence-electron chi connectivity index (χ0n) is 12.3. The number of esters is 1. The highest BCUT2D eigenvalue weighted by molar-refractivity contribution is 9.10. The van der Waals surface area contributed by atoms with Crippen LogP contribution in [-0.4, -0.2) is 30.6 Å². The maximum absolute atomic E-state index is 12.4. The Hall–Kier alpha value is -1.47. The summed E-state index contributed by atoms with van der Waals surface area (Å²) in [6.45, 7) is 2.04. The predicted molar refractivity (Wildman–Crippen MR) is 90.6 cm³/mol. The molecule has 0 bridgehead atoms. The molecule has 0 aliphatic carbocycles. The molecule has 0 aromatic heterocycles. The maximum Gasteiger partial charge on any atom is 0.338 e. The van der Waals surface area contributed by atoms with E-state index in [1.807, 2.05) is 30.5 Å². The van der Waals surface area contributed by atoms with Gasteiger partial charge in [0.1, 0.15) is 6.61 Å². The van der Waals surface area contributed by atoms with Gasteiger partial charge < -0.3 is 15.4 Å². The number of carbonyl (C=O) groups excluding carboxylic acids is 2. The SMILES string of the molecule is CSCCOC(=O)C1=C(C)NC(=O)NC1c1ccccc1Br. The van der Waals surface area contributed by atoms with Crippen molar-refractivity contribution >= 4 is 39.7 Å². The van der Waals surface area contributed by atoms with Crippen LogP contribution >= 0.6 is 27.7 Å². The first-order valence-electron chi connectivity index (χ1n) is 6.73. The first-order valence-corrected chi connectivity index (χ1v) is 8.92. The molecule has 22 heavy (non-hydrogen) atoms. The molecule has 1 heterocycles. The minimum atomic E-state index is -0.536. The van der Waals surface area contributed by atoms with Crippen LogP contribution in [0.1, 0.15) is 18.5 Å². The Bertz CT molecular complexity index is 619. The fraction of sp³-hybridized carbons (Fsp3) is 0.333. The zero-order chi connectivity index (χ0) is 16.1. The third-order valence-corrected chi connectivity index (χ3v) is 4.52. The molecule has 7 heteroatoms. The lowest BCUT2D eigenvalue weighted by molar-refractivity contribution is -0.138. The summed E-state index contributed by atoms with van der Waals surface area (Å²) in [5.74, 6) is 0.317. The maximum atomic E-state index is 12.4. The molecule has 0 radical (unpaired) electrons. The molecule has 1 atom stereocenters. The van der Waals surface area contributed by atoms with Crippen molar-refractivity contribution in [1.29, 1.82) is 0 Å². The van der Waals surface area contributed by atoms with Gasteiger partial charge in [-0.1, -0.05) is 34.1 Å². The minimum Gasteiger partial charge on any atom is -0.461 e. The quantitative estimate of drug-likeness (QED) is 0.604. The van der Waals surface area contributed by atoms with Crippen molar-refractivity contribution in [3.8, 4) is 0 Å². The molecule has 1 unspecified atom stereocenters. The summed E-state index contributed by atoms with van der Waals surface area (Å²) in [6, 6.07) is 6.60. The van der Waals surface area contributed by atoms with E-state index in [-0.39, 0.29) is 6.03 Å². The summed E-state index contributed by atoms with van der Waals surface area (Å²) < 4.78 is 6.12. The van der Waals surface area contributed by atoms with Crippen molar-refractivity contribution in [2.24, 2.45) is 0 Å². The summed E-state index contributed by atoms with van der Waals surface area (Å²) in [6.07, 6.45) is 1.95. The van der Waals surface area contributed by atoms with Gasteiger partial charge in [-0.2, -0.15) is 11.8 Å². The van der Waals surface area contributed by atoms with Crippen molar-refractivity contribution in [1.82, 2.24) is 10.6 Å². The highest BCUT2D eigenvalue weighted by atomic mass is 79.9. The van der Waals surface area contributed by atoms with Crippen LogP contribution in [0, 0.1) is 0 Å². The van der Waals surface area contributed by atoms with Crippen LogP contribution in [0.3, 0.4) is 0 Å². The lowest BCUT2D eigenvalue weighted by Crippen LogP contribution is -2.45. The Labute approximate surface area is 142 Å². The first-order chi connectivity index (χ1) is 10.5. The summed E-state index contributed by atoms with van der Waals surface area (Å²) >= 11 is 5.07. The van der Waals surface area contributed by atoms with E-state index in [4.69, 9.17) is 4.74 Å². The first kappa shape index (κ1) is 16.9. The topological polar surface area (TPSA) is 67.4 Å². The van der Waals surface area contributed by atoms with Gasteiger partial charge in [0.05, 0.1) is 11.6 Å². The Balaban J connectivity index is 2.33. The number of allylic oxidation sites excluding steroid dienone is 1. The molecule has 0 saturated carbocycles. The second-order valence-electron chi connectivity index (χ2n) is 4.72. The van der Waals surface area contributed by atoms with Crippen LogP contribution in [0.25, 0.3) is 0 Å². The number of carbonyl (C=O) groups is 2.